The Labute approximate surface area is 124 Å². The van der Waals surface area contributed by atoms with Crippen molar-refractivity contribution in [2.24, 2.45) is 11.8 Å². The van der Waals surface area contributed by atoms with Crippen LogP contribution in [0, 0.1) is 17.2 Å². The Hall–Kier alpha value is -2.39. The number of para-hydroxylation sites is 1. The van der Waals surface area contributed by atoms with E-state index in [4.69, 9.17) is 11.1 Å². The van der Waals surface area contributed by atoms with Crippen LogP contribution in [0.4, 0.5) is 11.8 Å². The fourth-order valence-electron chi connectivity index (χ4n) is 2.27. The number of anilines is 2. The number of aromatic nitrogens is 2. The summed E-state index contributed by atoms with van der Waals surface area (Å²) in [5, 5.41) is 9.84. The maximum absolute atomic E-state index is 8.87. The molecule has 0 amide bonds. The van der Waals surface area contributed by atoms with Crippen LogP contribution < -0.4 is 16.2 Å². The van der Waals surface area contributed by atoms with E-state index in [2.05, 4.69) is 40.2 Å². The summed E-state index contributed by atoms with van der Waals surface area (Å²) in [5.74, 6) is 7.13. The van der Waals surface area contributed by atoms with Gasteiger partial charge in [-0.15, -0.1) is 0 Å². The van der Waals surface area contributed by atoms with Crippen molar-refractivity contribution in [1.82, 2.24) is 9.97 Å². The van der Waals surface area contributed by atoms with Gasteiger partial charge in [0.1, 0.15) is 5.82 Å². The van der Waals surface area contributed by atoms with Crippen LogP contribution in [0.1, 0.15) is 20.3 Å². The van der Waals surface area contributed by atoms with Crippen molar-refractivity contribution in [1.29, 1.82) is 5.26 Å². The number of nitrogens with zero attached hydrogens (tertiary/aromatic N) is 4. The lowest BCUT2D eigenvalue weighted by Crippen LogP contribution is -2.30. The van der Waals surface area contributed by atoms with Crippen molar-refractivity contribution >= 4 is 22.7 Å². The summed E-state index contributed by atoms with van der Waals surface area (Å²) in [6.07, 6.45) is 0.455. The van der Waals surface area contributed by atoms with Gasteiger partial charge in [0.15, 0.2) is 0 Å². The molecule has 0 aliphatic heterocycles. The molecule has 6 nitrogen and oxygen atoms in total. The van der Waals surface area contributed by atoms with Gasteiger partial charge in [-0.05, 0) is 18.1 Å². The standard InChI is InChI=1S/C15H20N6/c1-11(2)10-21(9-5-8-16)14-12-6-3-4-7-13(12)18-15(19-14)20-17/h3-4,6-7,11H,5,9-10,17H2,1-2H3,(H,18,19,20). The molecule has 2 aromatic rings. The van der Waals surface area contributed by atoms with Gasteiger partial charge in [-0.25, -0.2) is 10.8 Å². The summed E-state index contributed by atoms with van der Waals surface area (Å²) in [6.45, 7) is 5.75. The lowest BCUT2D eigenvalue weighted by molar-refractivity contribution is 0.609. The van der Waals surface area contributed by atoms with Crippen LogP contribution in [0.15, 0.2) is 24.3 Å². The van der Waals surface area contributed by atoms with Gasteiger partial charge in [0.25, 0.3) is 0 Å². The molecule has 1 aromatic heterocycles. The number of hydrogen-bond acceptors (Lipinski definition) is 6. The van der Waals surface area contributed by atoms with E-state index in [1.54, 1.807) is 0 Å². The topological polar surface area (TPSA) is 90.9 Å². The molecule has 3 N–H and O–H groups in total. The normalized spacial score (nSPS) is 10.6. The SMILES string of the molecule is CC(C)CN(CCC#N)c1nc(NN)nc2ccccc12. The van der Waals surface area contributed by atoms with Crippen molar-refractivity contribution in [3.05, 3.63) is 24.3 Å². The molecule has 21 heavy (non-hydrogen) atoms. The van der Waals surface area contributed by atoms with E-state index in [0.717, 1.165) is 23.3 Å². The number of rotatable bonds is 6. The molecule has 0 atom stereocenters. The van der Waals surface area contributed by atoms with Gasteiger partial charge in [0.05, 0.1) is 18.0 Å². The molecule has 1 aromatic carbocycles. The Kier molecular flexibility index (Phi) is 4.90. The van der Waals surface area contributed by atoms with Crippen LogP contribution in [0.3, 0.4) is 0 Å². The third kappa shape index (κ3) is 3.58. The first-order valence-electron chi connectivity index (χ1n) is 7.01. The maximum atomic E-state index is 8.87. The zero-order chi connectivity index (χ0) is 15.2. The number of hydrazine groups is 1. The molecule has 0 bridgehead atoms. The molecule has 0 spiro atoms. The Morgan fingerprint density at radius 3 is 2.76 bits per heavy atom. The molecular weight excluding hydrogens is 264 g/mol. The second kappa shape index (κ2) is 6.86. The fourth-order valence-corrected chi connectivity index (χ4v) is 2.27. The van der Waals surface area contributed by atoms with Gasteiger partial charge in [-0.3, -0.25) is 5.43 Å². The quantitative estimate of drug-likeness (QED) is 0.624. The van der Waals surface area contributed by atoms with Crippen molar-refractivity contribution in [2.45, 2.75) is 20.3 Å². The Morgan fingerprint density at radius 2 is 2.10 bits per heavy atom. The summed E-state index contributed by atoms with van der Waals surface area (Å²) in [6, 6.07) is 10.0. The predicted molar refractivity (Wildman–Crippen MR) is 84.6 cm³/mol. The number of nitrogens with one attached hydrogen (secondary N) is 1. The third-order valence-corrected chi connectivity index (χ3v) is 3.09. The van der Waals surface area contributed by atoms with Crippen LogP contribution in [-0.4, -0.2) is 23.1 Å². The zero-order valence-corrected chi connectivity index (χ0v) is 12.4. The maximum Gasteiger partial charge on any atom is 0.239 e. The average Bonchev–Trinajstić information content (AvgIpc) is 2.50. The molecule has 110 valence electrons. The van der Waals surface area contributed by atoms with E-state index in [-0.39, 0.29) is 0 Å². The first-order valence-corrected chi connectivity index (χ1v) is 7.01. The number of nitriles is 1. The lowest BCUT2D eigenvalue weighted by atomic mass is 10.1. The molecule has 0 saturated carbocycles. The van der Waals surface area contributed by atoms with E-state index in [9.17, 15) is 0 Å². The predicted octanol–water partition coefficient (Wildman–Crippen LogP) is 2.29. The van der Waals surface area contributed by atoms with Crippen LogP contribution in [0.2, 0.25) is 0 Å². The van der Waals surface area contributed by atoms with Gasteiger partial charge >= 0.3 is 0 Å². The first-order chi connectivity index (χ1) is 10.2. The smallest absolute Gasteiger partial charge is 0.239 e. The molecular formula is C15H20N6. The Morgan fingerprint density at radius 1 is 1.33 bits per heavy atom. The Bertz CT molecular complexity index is 646. The molecule has 0 radical (unpaired) electrons. The largest absolute Gasteiger partial charge is 0.355 e. The Balaban J connectivity index is 2.51. The van der Waals surface area contributed by atoms with Crippen LogP contribution in [-0.2, 0) is 0 Å². The molecule has 2 rings (SSSR count). The van der Waals surface area contributed by atoms with Crippen LogP contribution >= 0.6 is 0 Å². The highest BCUT2D eigenvalue weighted by atomic mass is 15.3. The molecule has 1 heterocycles. The van der Waals surface area contributed by atoms with E-state index >= 15 is 0 Å². The second-order valence-electron chi connectivity index (χ2n) is 5.28. The molecule has 0 fully saturated rings. The molecule has 0 aliphatic rings. The average molecular weight is 284 g/mol. The summed E-state index contributed by atoms with van der Waals surface area (Å²) >= 11 is 0. The summed E-state index contributed by atoms with van der Waals surface area (Å²) in [7, 11) is 0. The minimum absolute atomic E-state index is 0.384. The first kappa shape index (κ1) is 15.0. The van der Waals surface area contributed by atoms with Gasteiger partial charge in [0, 0.05) is 18.5 Å². The van der Waals surface area contributed by atoms with Gasteiger partial charge in [-0.1, -0.05) is 26.0 Å². The summed E-state index contributed by atoms with van der Waals surface area (Å²) in [4.78, 5) is 11.0. The van der Waals surface area contributed by atoms with E-state index in [0.29, 0.717) is 24.8 Å². The van der Waals surface area contributed by atoms with Crippen molar-refractivity contribution < 1.29 is 0 Å². The minimum atomic E-state index is 0.384. The molecule has 0 aliphatic carbocycles. The van der Waals surface area contributed by atoms with Crippen molar-refractivity contribution in [3.63, 3.8) is 0 Å². The molecule has 6 heteroatoms. The molecule has 0 saturated heterocycles. The number of nitrogen functional groups attached to an aromatic ring is 1. The highest BCUT2D eigenvalue weighted by molar-refractivity contribution is 5.90. The van der Waals surface area contributed by atoms with E-state index in [1.807, 2.05) is 24.3 Å². The van der Waals surface area contributed by atoms with E-state index in [1.165, 1.54) is 0 Å². The van der Waals surface area contributed by atoms with Gasteiger partial charge in [-0.2, -0.15) is 10.2 Å². The summed E-state index contributed by atoms with van der Waals surface area (Å²) in [5.41, 5.74) is 3.34. The van der Waals surface area contributed by atoms with Crippen LogP contribution in [0.5, 0.6) is 0 Å². The van der Waals surface area contributed by atoms with Gasteiger partial charge in [0.2, 0.25) is 5.95 Å². The number of nitrogens with two attached hydrogens (primary N) is 1. The monoisotopic (exact) mass is 284 g/mol. The lowest BCUT2D eigenvalue weighted by Gasteiger charge is -2.26. The number of hydrogen-bond donors (Lipinski definition) is 2. The number of benzene rings is 1. The highest BCUT2D eigenvalue weighted by Crippen LogP contribution is 2.25. The number of fused-ring (bicyclic) bond motifs is 1. The molecule has 0 unspecified atom stereocenters. The second-order valence-corrected chi connectivity index (χ2v) is 5.28. The van der Waals surface area contributed by atoms with Crippen LogP contribution in [0.25, 0.3) is 10.9 Å². The van der Waals surface area contributed by atoms with Crippen molar-refractivity contribution in [3.8, 4) is 6.07 Å². The van der Waals surface area contributed by atoms with Gasteiger partial charge < -0.3 is 4.90 Å². The zero-order valence-electron chi connectivity index (χ0n) is 12.4. The van der Waals surface area contributed by atoms with Crippen molar-refractivity contribution in [2.75, 3.05) is 23.4 Å². The highest BCUT2D eigenvalue weighted by Gasteiger charge is 2.15. The minimum Gasteiger partial charge on any atom is -0.355 e. The van der Waals surface area contributed by atoms with E-state index < -0.39 is 0 Å². The summed E-state index contributed by atoms with van der Waals surface area (Å²) < 4.78 is 0. The fraction of sp³-hybridized carbons (Fsp3) is 0.400. The third-order valence-electron chi connectivity index (χ3n) is 3.09.